The minimum atomic E-state index is -0.0871. The molecule has 2 aromatic rings. The molecule has 0 amide bonds. The van der Waals surface area contributed by atoms with Crippen LogP contribution in [-0.4, -0.2) is 18.3 Å². The Bertz CT molecular complexity index is 542. The molecule has 2 N–H and O–H groups in total. The van der Waals surface area contributed by atoms with Crippen molar-refractivity contribution in [3.8, 4) is 5.75 Å². The molecule has 0 heterocycles. The van der Waals surface area contributed by atoms with E-state index in [1.807, 2.05) is 55.5 Å². The molecule has 1 unspecified atom stereocenters. The van der Waals surface area contributed by atoms with E-state index in [2.05, 4.69) is 18.3 Å². The van der Waals surface area contributed by atoms with Crippen LogP contribution in [0.3, 0.4) is 0 Å². The molecule has 2 rings (SSSR count). The number of para-hydroxylation sites is 1. The van der Waals surface area contributed by atoms with Gasteiger partial charge in [0.25, 0.3) is 0 Å². The molecule has 3 heteroatoms. The van der Waals surface area contributed by atoms with Crippen LogP contribution >= 0.6 is 0 Å². The Morgan fingerprint density at radius 3 is 2.38 bits per heavy atom. The van der Waals surface area contributed by atoms with E-state index in [-0.39, 0.29) is 18.7 Å². The monoisotopic (exact) mass is 285 g/mol. The van der Waals surface area contributed by atoms with Crippen LogP contribution in [0.4, 0.5) is 0 Å². The van der Waals surface area contributed by atoms with Gasteiger partial charge in [0.1, 0.15) is 5.75 Å². The van der Waals surface area contributed by atoms with Crippen molar-refractivity contribution in [1.82, 2.24) is 5.32 Å². The van der Waals surface area contributed by atoms with Gasteiger partial charge in [-0.1, -0.05) is 48.5 Å². The summed E-state index contributed by atoms with van der Waals surface area (Å²) < 4.78 is 5.68. The summed E-state index contributed by atoms with van der Waals surface area (Å²) in [6, 6.07) is 18.0. The predicted molar refractivity (Wildman–Crippen MR) is 85.4 cm³/mol. The highest BCUT2D eigenvalue weighted by Crippen LogP contribution is 2.27. The van der Waals surface area contributed by atoms with Gasteiger partial charge in [0.15, 0.2) is 0 Å². The van der Waals surface area contributed by atoms with E-state index in [0.29, 0.717) is 6.61 Å². The molecular formula is C18H23NO2. The van der Waals surface area contributed by atoms with Crippen LogP contribution in [-0.2, 0) is 0 Å². The van der Waals surface area contributed by atoms with Crippen LogP contribution in [0.25, 0.3) is 0 Å². The molecule has 0 aromatic heterocycles. The van der Waals surface area contributed by atoms with Crippen LogP contribution < -0.4 is 10.1 Å². The summed E-state index contributed by atoms with van der Waals surface area (Å²) in [5.41, 5.74) is 2.19. The quantitative estimate of drug-likeness (QED) is 0.818. The van der Waals surface area contributed by atoms with Crippen molar-refractivity contribution in [3.63, 3.8) is 0 Å². The van der Waals surface area contributed by atoms with Gasteiger partial charge in [-0.15, -0.1) is 0 Å². The summed E-state index contributed by atoms with van der Waals surface area (Å²) in [5.74, 6) is 0.893. The third kappa shape index (κ3) is 4.06. The van der Waals surface area contributed by atoms with Gasteiger partial charge in [0.2, 0.25) is 0 Å². The highest BCUT2D eigenvalue weighted by Gasteiger charge is 2.16. The second kappa shape index (κ2) is 7.81. The molecule has 21 heavy (non-hydrogen) atoms. The number of rotatable bonds is 7. The van der Waals surface area contributed by atoms with Gasteiger partial charge in [-0.3, -0.25) is 0 Å². The van der Waals surface area contributed by atoms with Gasteiger partial charge in [-0.05, 0) is 25.5 Å². The first-order valence-electron chi connectivity index (χ1n) is 7.39. The molecule has 0 fully saturated rings. The van der Waals surface area contributed by atoms with Crippen molar-refractivity contribution in [3.05, 3.63) is 65.7 Å². The SMILES string of the molecule is CCOc1ccccc1C(C)N[C@@H](CO)c1ccccc1. The third-order valence-corrected chi connectivity index (χ3v) is 3.52. The largest absolute Gasteiger partial charge is 0.494 e. The van der Waals surface area contributed by atoms with Gasteiger partial charge in [-0.25, -0.2) is 0 Å². The zero-order chi connectivity index (χ0) is 15.1. The average Bonchev–Trinajstić information content (AvgIpc) is 2.54. The summed E-state index contributed by atoms with van der Waals surface area (Å²) in [5, 5.41) is 13.1. The standard InChI is InChI=1S/C18H23NO2/c1-3-21-18-12-8-7-11-16(18)14(2)19-17(13-20)15-9-5-4-6-10-15/h4-12,14,17,19-20H,3,13H2,1-2H3/t14?,17-/m0/s1. The first-order chi connectivity index (χ1) is 10.3. The van der Waals surface area contributed by atoms with Crippen molar-refractivity contribution in [2.45, 2.75) is 25.9 Å². The molecule has 0 spiro atoms. The maximum Gasteiger partial charge on any atom is 0.124 e. The molecule has 112 valence electrons. The number of nitrogens with one attached hydrogen (secondary N) is 1. The van der Waals surface area contributed by atoms with E-state index < -0.39 is 0 Å². The van der Waals surface area contributed by atoms with Crippen LogP contribution in [0.15, 0.2) is 54.6 Å². The summed E-state index contributed by atoms with van der Waals surface area (Å²) in [4.78, 5) is 0. The van der Waals surface area contributed by atoms with Crippen molar-refractivity contribution in [2.24, 2.45) is 0 Å². The maximum atomic E-state index is 9.65. The van der Waals surface area contributed by atoms with E-state index in [1.165, 1.54) is 0 Å². The number of hydrogen-bond acceptors (Lipinski definition) is 3. The lowest BCUT2D eigenvalue weighted by atomic mass is 10.0. The second-order valence-electron chi connectivity index (χ2n) is 5.01. The summed E-state index contributed by atoms with van der Waals surface area (Å²) in [6.07, 6.45) is 0. The Hall–Kier alpha value is -1.84. The van der Waals surface area contributed by atoms with Crippen LogP contribution in [0, 0.1) is 0 Å². The minimum Gasteiger partial charge on any atom is -0.494 e. The van der Waals surface area contributed by atoms with E-state index in [4.69, 9.17) is 4.74 Å². The topological polar surface area (TPSA) is 41.5 Å². The highest BCUT2D eigenvalue weighted by molar-refractivity contribution is 5.36. The molecule has 0 bridgehead atoms. The zero-order valence-electron chi connectivity index (χ0n) is 12.6. The van der Waals surface area contributed by atoms with E-state index in [1.54, 1.807) is 0 Å². The number of hydrogen-bond donors (Lipinski definition) is 2. The van der Waals surface area contributed by atoms with Crippen LogP contribution in [0.1, 0.15) is 37.1 Å². The first kappa shape index (κ1) is 15.5. The number of aliphatic hydroxyl groups is 1. The number of aliphatic hydroxyl groups excluding tert-OH is 1. The summed E-state index contributed by atoms with van der Waals surface area (Å²) in [6.45, 7) is 4.77. The zero-order valence-corrected chi connectivity index (χ0v) is 12.6. The Morgan fingerprint density at radius 2 is 1.71 bits per heavy atom. The Morgan fingerprint density at radius 1 is 1.05 bits per heavy atom. The summed E-state index contributed by atoms with van der Waals surface area (Å²) >= 11 is 0. The third-order valence-electron chi connectivity index (χ3n) is 3.52. The minimum absolute atomic E-state index is 0.0607. The Kier molecular flexibility index (Phi) is 5.78. The molecule has 0 radical (unpaired) electrons. The van der Waals surface area contributed by atoms with Crippen molar-refractivity contribution in [2.75, 3.05) is 13.2 Å². The van der Waals surface area contributed by atoms with E-state index >= 15 is 0 Å². The van der Waals surface area contributed by atoms with Crippen molar-refractivity contribution in [1.29, 1.82) is 0 Å². The highest BCUT2D eigenvalue weighted by atomic mass is 16.5. The molecule has 2 atom stereocenters. The van der Waals surface area contributed by atoms with Crippen molar-refractivity contribution >= 4 is 0 Å². The van der Waals surface area contributed by atoms with Gasteiger partial charge >= 0.3 is 0 Å². The molecule has 2 aromatic carbocycles. The van der Waals surface area contributed by atoms with Crippen LogP contribution in [0.2, 0.25) is 0 Å². The van der Waals surface area contributed by atoms with Gasteiger partial charge in [-0.2, -0.15) is 0 Å². The lowest BCUT2D eigenvalue weighted by molar-refractivity contribution is 0.234. The molecule has 0 aliphatic rings. The molecule has 0 saturated carbocycles. The van der Waals surface area contributed by atoms with E-state index in [9.17, 15) is 5.11 Å². The summed E-state index contributed by atoms with van der Waals surface area (Å²) in [7, 11) is 0. The van der Waals surface area contributed by atoms with Crippen LogP contribution in [0.5, 0.6) is 5.75 Å². The smallest absolute Gasteiger partial charge is 0.124 e. The molecule has 3 nitrogen and oxygen atoms in total. The molecule has 0 saturated heterocycles. The average molecular weight is 285 g/mol. The molecule has 0 aliphatic carbocycles. The Labute approximate surface area is 126 Å². The number of ether oxygens (including phenoxy) is 1. The second-order valence-corrected chi connectivity index (χ2v) is 5.01. The fourth-order valence-electron chi connectivity index (χ4n) is 2.46. The molecular weight excluding hydrogens is 262 g/mol. The van der Waals surface area contributed by atoms with Gasteiger partial charge < -0.3 is 15.2 Å². The normalized spacial score (nSPS) is 13.7. The van der Waals surface area contributed by atoms with Gasteiger partial charge in [0.05, 0.1) is 19.3 Å². The fraction of sp³-hybridized carbons (Fsp3) is 0.333. The van der Waals surface area contributed by atoms with Crippen molar-refractivity contribution < 1.29 is 9.84 Å². The first-order valence-corrected chi connectivity index (χ1v) is 7.39. The van der Waals surface area contributed by atoms with E-state index in [0.717, 1.165) is 16.9 Å². The number of benzene rings is 2. The Balaban J connectivity index is 2.15. The molecule has 0 aliphatic heterocycles. The lowest BCUT2D eigenvalue weighted by Crippen LogP contribution is -2.27. The maximum absolute atomic E-state index is 9.65. The lowest BCUT2D eigenvalue weighted by Gasteiger charge is -2.24. The fourth-order valence-corrected chi connectivity index (χ4v) is 2.46. The predicted octanol–water partition coefficient (Wildman–Crippen LogP) is 3.47. The van der Waals surface area contributed by atoms with Gasteiger partial charge in [0, 0.05) is 11.6 Å².